The smallest absolute Gasteiger partial charge is 0.352 e. The fraction of sp³-hybridized carbons (Fsp3) is 0.478. The minimum atomic E-state index is -0.480. The summed E-state index contributed by atoms with van der Waals surface area (Å²) in [6.07, 6.45) is 3.75. The molecule has 0 aromatic carbocycles. The summed E-state index contributed by atoms with van der Waals surface area (Å²) < 4.78 is 0. The molecular formula is C23H26N4O4S2. The van der Waals surface area contributed by atoms with Gasteiger partial charge in [0.1, 0.15) is 5.70 Å². The van der Waals surface area contributed by atoms with Gasteiger partial charge in [0.25, 0.3) is 5.91 Å². The second-order valence-corrected chi connectivity index (χ2v) is 10.5. The second kappa shape index (κ2) is 9.26. The largest absolute Gasteiger partial charge is 0.365 e. The molecule has 2 aromatic heterocycles. The van der Waals surface area contributed by atoms with Gasteiger partial charge in [-0.25, -0.2) is 0 Å². The highest BCUT2D eigenvalue weighted by molar-refractivity contribution is 7.12. The summed E-state index contributed by atoms with van der Waals surface area (Å²) >= 11 is 2.99. The van der Waals surface area contributed by atoms with E-state index in [0.717, 1.165) is 31.2 Å². The first-order valence-corrected chi connectivity index (χ1v) is 13.1. The van der Waals surface area contributed by atoms with E-state index in [4.69, 9.17) is 0 Å². The van der Waals surface area contributed by atoms with Gasteiger partial charge in [-0.2, -0.15) is 11.3 Å². The molecule has 0 radical (unpaired) electrons. The van der Waals surface area contributed by atoms with Crippen molar-refractivity contribution in [2.24, 2.45) is 5.92 Å². The van der Waals surface area contributed by atoms with Crippen molar-refractivity contribution >= 4 is 34.5 Å². The minimum Gasteiger partial charge on any atom is -0.365 e. The van der Waals surface area contributed by atoms with E-state index in [9.17, 15) is 19.7 Å². The molecule has 1 aliphatic carbocycles. The maximum absolute atomic E-state index is 13.5. The zero-order valence-electron chi connectivity index (χ0n) is 18.2. The van der Waals surface area contributed by atoms with Gasteiger partial charge < -0.3 is 14.7 Å². The van der Waals surface area contributed by atoms with Crippen LogP contribution in [0.2, 0.25) is 0 Å². The first-order valence-electron chi connectivity index (χ1n) is 11.3. The third-order valence-corrected chi connectivity index (χ3v) is 8.53. The van der Waals surface area contributed by atoms with Gasteiger partial charge in [-0.05, 0) is 46.7 Å². The highest BCUT2D eigenvalue weighted by Crippen LogP contribution is 2.42. The summed E-state index contributed by atoms with van der Waals surface area (Å²) in [6, 6.07) is 5.64. The summed E-state index contributed by atoms with van der Waals surface area (Å²) in [6.45, 7) is 2.41. The maximum atomic E-state index is 13.5. The summed E-state index contributed by atoms with van der Waals surface area (Å²) in [5.74, 6) is -0.498. The maximum Gasteiger partial charge on any atom is 0.352 e. The lowest BCUT2D eigenvalue weighted by Gasteiger charge is -2.47. The number of hydrogen-bond donors (Lipinski definition) is 0. The third kappa shape index (κ3) is 4.17. The average molecular weight is 487 g/mol. The number of thiophene rings is 2. The number of carbonyl (C=O) groups is 2. The van der Waals surface area contributed by atoms with Crippen LogP contribution in [0.4, 0.5) is 0 Å². The van der Waals surface area contributed by atoms with Gasteiger partial charge in [0.2, 0.25) is 0 Å². The summed E-state index contributed by atoms with van der Waals surface area (Å²) in [7, 11) is 0. The van der Waals surface area contributed by atoms with Crippen molar-refractivity contribution in [3.63, 3.8) is 0 Å². The zero-order chi connectivity index (χ0) is 22.9. The van der Waals surface area contributed by atoms with Crippen molar-refractivity contribution in [2.75, 3.05) is 26.2 Å². The predicted molar refractivity (Wildman–Crippen MR) is 126 cm³/mol. The number of nitro groups is 1. The number of hydrogen-bond acceptors (Lipinski definition) is 7. The number of piperazine rings is 1. The average Bonchev–Trinajstić information content (AvgIpc) is 3.54. The van der Waals surface area contributed by atoms with Gasteiger partial charge in [0.05, 0.1) is 9.80 Å². The van der Waals surface area contributed by atoms with Crippen LogP contribution in [0.5, 0.6) is 0 Å². The van der Waals surface area contributed by atoms with Crippen LogP contribution in [-0.4, -0.2) is 63.7 Å². The van der Waals surface area contributed by atoms with Crippen LogP contribution in [0.25, 0.3) is 0 Å². The SMILES string of the molecule is O=C(c1cccs1)N1CCN(C2=C([N+](=O)[O-])C(=O)N(Cc3ccsc3)C3CCCCC23)CC1. The molecule has 1 saturated carbocycles. The first kappa shape index (κ1) is 22.1. The molecule has 2 amide bonds. The molecule has 33 heavy (non-hydrogen) atoms. The van der Waals surface area contributed by atoms with E-state index >= 15 is 0 Å². The molecule has 1 saturated heterocycles. The number of amides is 2. The first-order chi connectivity index (χ1) is 16.0. The molecule has 4 heterocycles. The summed E-state index contributed by atoms with van der Waals surface area (Å²) in [5.41, 5.74) is 1.34. The van der Waals surface area contributed by atoms with Crippen LogP contribution in [0.15, 0.2) is 45.7 Å². The molecule has 8 nitrogen and oxygen atoms in total. The predicted octanol–water partition coefficient (Wildman–Crippen LogP) is 3.66. The van der Waals surface area contributed by atoms with E-state index in [-0.39, 0.29) is 23.6 Å². The van der Waals surface area contributed by atoms with Crippen molar-refractivity contribution in [3.05, 3.63) is 66.3 Å². The standard InChI is InChI=1S/C23H26N4O4S2/c28-22(19-6-3-12-33-19)25-10-8-24(9-11-25)20-17-4-1-2-5-18(17)26(14-16-7-13-32-15-16)23(29)21(20)27(30)31/h3,6-7,12-13,15,17-18H,1-2,4-5,8-11,14H2. The third-order valence-electron chi connectivity index (χ3n) is 6.94. The Morgan fingerprint density at radius 1 is 1.12 bits per heavy atom. The molecule has 10 heteroatoms. The van der Waals surface area contributed by atoms with Crippen molar-refractivity contribution in [1.29, 1.82) is 0 Å². The minimum absolute atomic E-state index is 0.00494. The lowest BCUT2D eigenvalue weighted by Crippen LogP contribution is -2.57. The molecule has 2 fully saturated rings. The monoisotopic (exact) mass is 486 g/mol. The molecule has 5 rings (SSSR count). The van der Waals surface area contributed by atoms with Crippen LogP contribution in [0.3, 0.4) is 0 Å². The highest BCUT2D eigenvalue weighted by Gasteiger charge is 2.50. The van der Waals surface area contributed by atoms with Crippen molar-refractivity contribution in [1.82, 2.24) is 14.7 Å². The van der Waals surface area contributed by atoms with E-state index in [2.05, 4.69) is 0 Å². The van der Waals surface area contributed by atoms with E-state index < -0.39 is 10.8 Å². The molecule has 2 aromatic rings. The normalized spacial score (nSPS) is 23.6. The molecule has 0 bridgehead atoms. The van der Waals surface area contributed by atoms with E-state index in [1.54, 1.807) is 21.1 Å². The van der Waals surface area contributed by atoms with E-state index in [0.29, 0.717) is 43.3 Å². The number of nitrogens with zero attached hydrogens (tertiary/aromatic N) is 4. The lowest BCUT2D eigenvalue weighted by atomic mass is 9.77. The van der Waals surface area contributed by atoms with Crippen LogP contribution >= 0.6 is 22.7 Å². The zero-order valence-corrected chi connectivity index (χ0v) is 19.9. The quantitative estimate of drug-likeness (QED) is 0.476. The molecule has 0 spiro atoms. The van der Waals surface area contributed by atoms with Crippen molar-refractivity contribution < 1.29 is 14.5 Å². The van der Waals surface area contributed by atoms with Gasteiger partial charge in [-0.3, -0.25) is 19.7 Å². The van der Waals surface area contributed by atoms with Gasteiger partial charge in [0, 0.05) is 44.7 Å². The van der Waals surface area contributed by atoms with Crippen LogP contribution in [0, 0.1) is 16.0 Å². The molecule has 174 valence electrons. The Hall–Kier alpha value is -2.72. The lowest BCUT2D eigenvalue weighted by molar-refractivity contribution is -0.424. The Morgan fingerprint density at radius 2 is 1.91 bits per heavy atom. The van der Waals surface area contributed by atoms with E-state index in [1.807, 2.05) is 39.2 Å². The topological polar surface area (TPSA) is 87.0 Å². The van der Waals surface area contributed by atoms with E-state index in [1.165, 1.54) is 11.3 Å². The molecule has 0 N–H and O–H groups in total. The Morgan fingerprint density at radius 3 is 2.58 bits per heavy atom. The Kier molecular flexibility index (Phi) is 6.20. The van der Waals surface area contributed by atoms with Crippen molar-refractivity contribution in [3.8, 4) is 0 Å². The fourth-order valence-electron chi connectivity index (χ4n) is 5.41. The Labute approximate surface area is 200 Å². The highest BCUT2D eigenvalue weighted by atomic mass is 32.1. The van der Waals surface area contributed by atoms with Gasteiger partial charge >= 0.3 is 11.6 Å². The Bertz CT molecular complexity index is 1060. The molecule has 3 aliphatic rings. The number of carbonyl (C=O) groups excluding carboxylic acids is 2. The molecule has 2 atom stereocenters. The van der Waals surface area contributed by atoms with Crippen LogP contribution in [-0.2, 0) is 11.3 Å². The summed E-state index contributed by atoms with van der Waals surface area (Å²) in [5, 5.41) is 18.0. The molecule has 2 unspecified atom stereocenters. The van der Waals surface area contributed by atoms with Gasteiger partial charge in [-0.1, -0.05) is 18.9 Å². The van der Waals surface area contributed by atoms with Gasteiger partial charge in [-0.15, -0.1) is 11.3 Å². The Balaban J connectivity index is 1.42. The molecular weight excluding hydrogens is 460 g/mol. The van der Waals surface area contributed by atoms with Crippen LogP contribution in [0.1, 0.15) is 40.9 Å². The molecule has 2 aliphatic heterocycles. The van der Waals surface area contributed by atoms with Gasteiger partial charge in [0.15, 0.2) is 0 Å². The number of fused-ring (bicyclic) bond motifs is 1. The van der Waals surface area contributed by atoms with Crippen molar-refractivity contribution in [2.45, 2.75) is 38.3 Å². The second-order valence-electron chi connectivity index (χ2n) is 8.77. The number of rotatable bonds is 5. The van der Waals surface area contributed by atoms with Crippen LogP contribution < -0.4 is 0 Å². The fourth-order valence-corrected chi connectivity index (χ4v) is 6.76. The summed E-state index contributed by atoms with van der Waals surface area (Å²) in [4.78, 5) is 44.2.